The van der Waals surface area contributed by atoms with Gasteiger partial charge in [0.15, 0.2) is 0 Å². The molecule has 0 aliphatic heterocycles. The van der Waals surface area contributed by atoms with Gasteiger partial charge in [-0.1, -0.05) is 28.1 Å². The molecule has 2 amide bonds. The van der Waals surface area contributed by atoms with E-state index in [1.165, 1.54) is 17.0 Å². The maximum Gasteiger partial charge on any atom is 0.245 e. The Hall–Kier alpha value is -2.67. The number of hydrogen-bond donors (Lipinski definition) is 1. The Morgan fingerprint density at radius 3 is 2.55 bits per heavy atom. The topological polar surface area (TPSA) is 58.6 Å². The average molecular weight is 463 g/mol. The fourth-order valence-corrected chi connectivity index (χ4v) is 3.11. The molecule has 2 aromatic carbocycles. The molecular formula is C22H24BrFN2O3. The molecule has 0 aliphatic rings. The zero-order valence-corrected chi connectivity index (χ0v) is 18.2. The lowest BCUT2D eigenvalue weighted by Crippen LogP contribution is -2.46. The van der Waals surface area contributed by atoms with E-state index in [2.05, 4.69) is 21.2 Å². The molecule has 0 fully saturated rings. The SMILES string of the molecule is CCN(Cc1cc(Br)ccc1F)C(=O)C(C)NC(=O)/C=C/c1ccc(OC)cc1. The van der Waals surface area contributed by atoms with E-state index in [1.807, 2.05) is 19.1 Å². The number of nitrogens with one attached hydrogen (secondary N) is 1. The van der Waals surface area contributed by atoms with E-state index in [-0.39, 0.29) is 24.2 Å². The Labute approximate surface area is 178 Å². The first-order valence-electron chi connectivity index (χ1n) is 9.19. The molecule has 29 heavy (non-hydrogen) atoms. The van der Waals surface area contributed by atoms with Crippen molar-refractivity contribution in [1.82, 2.24) is 10.2 Å². The number of methoxy groups -OCH3 is 1. The van der Waals surface area contributed by atoms with Crippen molar-refractivity contribution in [2.45, 2.75) is 26.4 Å². The first kappa shape index (κ1) is 22.6. The normalized spacial score (nSPS) is 11.9. The van der Waals surface area contributed by atoms with Gasteiger partial charge in [0.05, 0.1) is 7.11 Å². The van der Waals surface area contributed by atoms with Crippen molar-refractivity contribution in [2.75, 3.05) is 13.7 Å². The summed E-state index contributed by atoms with van der Waals surface area (Å²) in [6.45, 7) is 3.95. The van der Waals surface area contributed by atoms with E-state index < -0.39 is 6.04 Å². The summed E-state index contributed by atoms with van der Waals surface area (Å²) in [4.78, 5) is 26.4. The molecule has 154 valence electrons. The predicted octanol–water partition coefficient (Wildman–Crippen LogP) is 4.16. The van der Waals surface area contributed by atoms with Crippen molar-refractivity contribution >= 4 is 33.8 Å². The van der Waals surface area contributed by atoms with Crippen molar-refractivity contribution < 1.29 is 18.7 Å². The van der Waals surface area contributed by atoms with Crippen molar-refractivity contribution in [3.63, 3.8) is 0 Å². The summed E-state index contributed by atoms with van der Waals surface area (Å²) in [6.07, 6.45) is 3.02. The van der Waals surface area contributed by atoms with Gasteiger partial charge in [-0.2, -0.15) is 0 Å². The lowest BCUT2D eigenvalue weighted by molar-refractivity contribution is -0.135. The minimum absolute atomic E-state index is 0.127. The first-order chi connectivity index (χ1) is 13.8. The first-order valence-corrected chi connectivity index (χ1v) is 9.98. The summed E-state index contributed by atoms with van der Waals surface area (Å²) in [5.74, 6) is -0.310. The maximum atomic E-state index is 14.0. The molecule has 0 saturated heterocycles. The van der Waals surface area contributed by atoms with Crippen molar-refractivity contribution in [3.8, 4) is 5.75 Å². The van der Waals surface area contributed by atoms with Crippen LogP contribution in [0.3, 0.4) is 0 Å². The number of amides is 2. The predicted molar refractivity (Wildman–Crippen MR) is 115 cm³/mol. The molecule has 0 aromatic heterocycles. The standard InChI is InChI=1S/C22H24BrFN2O3/c1-4-26(14-17-13-18(23)8-11-20(17)24)22(28)15(2)25-21(27)12-7-16-5-9-19(29-3)10-6-16/h5-13,15H,4,14H2,1-3H3,(H,25,27)/b12-7+. The lowest BCUT2D eigenvalue weighted by atomic mass is 10.1. The molecule has 1 atom stereocenters. The molecule has 5 nitrogen and oxygen atoms in total. The van der Waals surface area contributed by atoms with E-state index in [1.54, 1.807) is 44.4 Å². The number of carbonyl (C=O) groups excluding carboxylic acids is 2. The second kappa shape index (κ2) is 10.8. The molecule has 1 unspecified atom stereocenters. The molecule has 0 spiro atoms. The van der Waals surface area contributed by atoms with Crippen molar-refractivity contribution in [1.29, 1.82) is 0 Å². The zero-order chi connectivity index (χ0) is 21.4. The van der Waals surface area contributed by atoms with Gasteiger partial charge in [-0.15, -0.1) is 0 Å². The Bertz CT molecular complexity index is 884. The molecule has 0 heterocycles. The second-order valence-corrected chi connectivity index (χ2v) is 7.34. The fraction of sp³-hybridized carbons (Fsp3) is 0.273. The number of ether oxygens (including phenoxy) is 1. The van der Waals surface area contributed by atoms with E-state index in [0.29, 0.717) is 12.1 Å². The van der Waals surface area contributed by atoms with Crippen LogP contribution in [0.5, 0.6) is 5.75 Å². The van der Waals surface area contributed by atoms with Crippen LogP contribution in [-0.2, 0) is 16.1 Å². The van der Waals surface area contributed by atoms with Gasteiger partial charge < -0.3 is 15.0 Å². The summed E-state index contributed by atoms with van der Waals surface area (Å²) in [5.41, 5.74) is 1.24. The Morgan fingerprint density at radius 2 is 1.93 bits per heavy atom. The van der Waals surface area contributed by atoms with Gasteiger partial charge in [0.2, 0.25) is 11.8 Å². The summed E-state index contributed by atoms with van der Waals surface area (Å²) in [7, 11) is 1.58. The zero-order valence-electron chi connectivity index (χ0n) is 16.6. The lowest BCUT2D eigenvalue weighted by Gasteiger charge is -2.25. The molecule has 0 aliphatic carbocycles. The second-order valence-electron chi connectivity index (χ2n) is 6.42. The van der Waals surface area contributed by atoms with Gasteiger partial charge in [-0.05, 0) is 55.8 Å². The maximum absolute atomic E-state index is 14.0. The molecule has 0 bridgehead atoms. The Morgan fingerprint density at radius 1 is 1.24 bits per heavy atom. The van der Waals surface area contributed by atoms with Crippen LogP contribution in [0.1, 0.15) is 25.0 Å². The van der Waals surface area contributed by atoms with Gasteiger partial charge >= 0.3 is 0 Å². The summed E-state index contributed by atoms with van der Waals surface area (Å²) < 4.78 is 19.8. The van der Waals surface area contributed by atoms with Crippen LogP contribution in [0.4, 0.5) is 4.39 Å². The highest BCUT2D eigenvalue weighted by Gasteiger charge is 2.21. The highest BCUT2D eigenvalue weighted by atomic mass is 79.9. The Balaban J connectivity index is 1.97. The third-order valence-electron chi connectivity index (χ3n) is 4.33. The molecule has 2 rings (SSSR count). The van der Waals surface area contributed by atoms with Crippen LogP contribution in [0, 0.1) is 5.82 Å². The van der Waals surface area contributed by atoms with Crippen LogP contribution in [0.2, 0.25) is 0 Å². The average Bonchev–Trinajstić information content (AvgIpc) is 2.72. The quantitative estimate of drug-likeness (QED) is 0.599. The number of benzene rings is 2. The Kier molecular flexibility index (Phi) is 8.39. The van der Waals surface area contributed by atoms with Gasteiger partial charge in [0.25, 0.3) is 0 Å². The number of halogens is 2. The molecule has 0 radical (unpaired) electrons. The number of hydrogen-bond acceptors (Lipinski definition) is 3. The van der Waals surface area contributed by atoms with Crippen LogP contribution >= 0.6 is 15.9 Å². The van der Waals surface area contributed by atoms with Gasteiger partial charge in [0, 0.05) is 29.2 Å². The molecule has 1 N–H and O–H groups in total. The van der Waals surface area contributed by atoms with Crippen LogP contribution in [0.25, 0.3) is 6.08 Å². The van der Waals surface area contributed by atoms with Gasteiger partial charge in [0.1, 0.15) is 17.6 Å². The smallest absolute Gasteiger partial charge is 0.245 e. The minimum Gasteiger partial charge on any atom is -0.497 e. The van der Waals surface area contributed by atoms with Gasteiger partial charge in [-0.25, -0.2) is 4.39 Å². The van der Waals surface area contributed by atoms with E-state index >= 15 is 0 Å². The summed E-state index contributed by atoms with van der Waals surface area (Å²) >= 11 is 3.31. The minimum atomic E-state index is -0.738. The number of nitrogens with zero attached hydrogens (tertiary/aromatic N) is 1. The van der Waals surface area contributed by atoms with Gasteiger partial charge in [-0.3, -0.25) is 9.59 Å². The molecule has 2 aromatic rings. The van der Waals surface area contributed by atoms with Crippen LogP contribution in [-0.4, -0.2) is 36.4 Å². The number of likely N-dealkylation sites (N-methyl/N-ethyl adjacent to an activating group) is 1. The van der Waals surface area contributed by atoms with Crippen molar-refractivity contribution in [2.24, 2.45) is 0 Å². The van der Waals surface area contributed by atoms with E-state index in [0.717, 1.165) is 15.8 Å². The largest absolute Gasteiger partial charge is 0.497 e. The molecular weight excluding hydrogens is 439 g/mol. The fourth-order valence-electron chi connectivity index (χ4n) is 2.70. The third-order valence-corrected chi connectivity index (χ3v) is 4.83. The highest BCUT2D eigenvalue weighted by Crippen LogP contribution is 2.18. The van der Waals surface area contributed by atoms with E-state index in [4.69, 9.17) is 4.74 Å². The third kappa shape index (κ3) is 6.71. The van der Waals surface area contributed by atoms with E-state index in [9.17, 15) is 14.0 Å². The van der Waals surface area contributed by atoms with Crippen LogP contribution < -0.4 is 10.1 Å². The van der Waals surface area contributed by atoms with Crippen LogP contribution in [0.15, 0.2) is 53.0 Å². The number of rotatable bonds is 8. The number of carbonyl (C=O) groups is 2. The molecule has 0 saturated carbocycles. The monoisotopic (exact) mass is 462 g/mol. The molecule has 7 heteroatoms. The summed E-state index contributed by atoms with van der Waals surface area (Å²) in [5, 5.41) is 2.65. The van der Waals surface area contributed by atoms with Crippen molar-refractivity contribution in [3.05, 3.63) is 70.0 Å². The summed E-state index contributed by atoms with van der Waals surface area (Å²) in [6, 6.07) is 11.1. The highest BCUT2D eigenvalue weighted by molar-refractivity contribution is 9.10.